The minimum absolute atomic E-state index is 0.622. The molecule has 0 radical (unpaired) electrons. The Kier molecular flexibility index (Phi) is 3.94. The number of likely N-dealkylation sites (tertiary alicyclic amines) is 1. The Hall–Kier alpha value is -0.0200. The molecule has 0 bridgehead atoms. The van der Waals surface area contributed by atoms with Crippen LogP contribution >= 0.6 is 11.8 Å². The first kappa shape index (κ1) is 9.07. The molecule has 1 aliphatic heterocycles. The normalized spacial score (nSPS) is 26.8. The lowest BCUT2D eigenvalue weighted by Crippen LogP contribution is -2.37. The highest BCUT2D eigenvalue weighted by atomic mass is 32.2. The number of aldehydes is 1. The van der Waals surface area contributed by atoms with Crippen molar-refractivity contribution in [3.05, 3.63) is 0 Å². The van der Waals surface area contributed by atoms with Gasteiger partial charge in [-0.15, -0.1) is 0 Å². The molecule has 0 saturated carbocycles. The van der Waals surface area contributed by atoms with E-state index in [1.54, 1.807) is 0 Å². The average Bonchev–Trinajstić information content (AvgIpc) is 2.06. The molecule has 1 heterocycles. The molecule has 0 aromatic heterocycles. The predicted molar refractivity (Wildman–Crippen MR) is 49.0 cm³/mol. The van der Waals surface area contributed by atoms with Gasteiger partial charge in [0.25, 0.3) is 0 Å². The van der Waals surface area contributed by atoms with Crippen LogP contribution < -0.4 is 0 Å². The van der Waals surface area contributed by atoms with Crippen LogP contribution in [0.4, 0.5) is 0 Å². The second kappa shape index (κ2) is 4.78. The minimum atomic E-state index is 0.622. The first-order valence-electron chi connectivity index (χ1n) is 4.05. The van der Waals surface area contributed by atoms with Gasteiger partial charge in [-0.05, 0) is 25.6 Å². The predicted octanol–water partition coefficient (Wildman–Crippen LogP) is 1.01. The lowest BCUT2D eigenvalue weighted by atomic mass is 10.1. The number of nitrogens with zero attached hydrogens (tertiary/aromatic N) is 1. The van der Waals surface area contributed by atoms with E-state index in [1.165, 1.54) is 12.8 Å². The number of carbonyl (C=O) groups is 1. The number of carbonyl (C=O) groups excluding carboxylic acids is 1. The summed E-state index contributed by atoms with van der Waals surface area (Å²) in [5.74, 6) is 0. The summed E-state index contributed by atoms with van der Waals surface area (Å²) in [7, 11) is 0. The third-order valence-corrected chi connectivity index (χ3v) is 3.18. The van der Waals surface area contributed by atoms with Crippen molar-refractivity contribution in [2.45, 2.75) is 18.1 Å². The zero-order chi connectivity index (χ0) is 8.10. The highest BCUT2D eigenvalue weighted by Crippen LogP contribution is 2.19. The SMILES string of the molecule is CSC1CCCN(CC=O)C1. The Balaban J connectivity index is 2.27. The smallest absolute Gasteiger partial charge is 0.133 e. The van der Waals surface area contributed by atoms with Crippen LogP contribution in [0.2, 0.25) is 0 Å². The standard InChI is InChI=1S/C8H15NOS/c1-11-8-3-2-4-9(7-8)5-6-10/h6,8H,2-5,7H2,1H3. The second-order valence-corrected chi connectivity index (χ2v) is 4.06. The van der Waals surface area contributed by atoms with Crippen LogP contribution in [0.3, 0.4) is 0 Å². The van der Waals surface area contributed by atoms with Gasteiger partial charge in [0.05, 0.1) is 6.54 Å². The van der Waals surface area contributed by atoms with E-state index >= 15 is 0 Å². The lowest BCUT2D eigenvalue weighted by Gasteiger charge is -2.30. The average molecular weight is 173 g/mol. The molecule has 64 valence electrons. The monoisotopic (exact) mass is 173 g/mol. The van der Waals surface area contributed by atoms with Crippen molar-refractivity contribution in [2.24, 2.45) is 0 Å². The van der Waals surface area contributed by atoms with Crippen molar-refractivity contribution in [2.75, 3.05) is 25.9 Å². The molecule has 0 N–H and O–H groups in total. The summed E-state index contributed by atoms with van der Waals surface area (Å²) >= 11 is 1.92. The lowest BCUT2D eigenvalue weighted by molar-refractivity contribution is -0.109. The van der Waals surface area contributed by atoms with E-state index in [0.29, 0.717) is 6.54 Å². The number of rotatable bonds is 3. The van der Waals surface area contributed by atoms with Gasteiger partial charge in [-0.3, -0.25) is 4.90 Å². The van der Waals surface area contributed by atoms with Crippen LogP contribution in [0, 0.1) is 0 Å². The topological polar surface area (TPSA) is 20.3 Å². The molecule has 1 fully saturated rings. The maximum atomic E-state index is 10.2. The molecular formula is C8H15NOS. The Bertz CT molecular complexity index is 129. The molecule has 0 aliphatic carbocycles. The maximum Gasteiger partial charge on any atom is 0.133 e. The second-order valence-electron chi connectivity index (χ2n) is 2.93. The fourth-order valence-corrected chi connectivity index (χ4v) is 2.24. The van der Waals surface area contributed by atoms with Crippen LogP contribution in [0.25, 0.3) is 0 Å². The van der Waals surface area contributed by atoms with Gasteiger partial charge in [0.15, 0.2) is 0 Å². The number of hydrogen-bond donors (Lipinski definition) is 0. The van der Waals surface area contributed by atoms with E-state index in [9.17, 15) is 4.79 Å². The summed E-state index contributed by atoms with van der Waals surface area (Å²) in [4.78, 5) is 12.5. The van der Waals surface area contributed by atoms with E-state index in [1.807, 2.05) is 11.8 Å². The number of piperidine rings is 1. The third kappa shape index (κ3) is 2.83. The quantitative estimate of drug-likeness (QED) is 0.594. The molecule has 11 heavy (non-hydrogen) atoms. The molecule has 0 aromatic carbocycles. The van der Waals surface area contributed by atoms with Crippen LogP contribution in [0.5, 0.6) is 0 Å². The van der Waals surface area contributed by atoms with Crippen molar-refractivity contribution >= 4 is 18.0 Å². The van der Waals surface area contributed by atoms with Gasteiger partial charge in [-0.1, -0.05) is 0 Å². The molecule has 1 unspecified atom stereocenters. The fraction of sp³-hybridized carbons (Fsp3) is 0.875. The number of hydrogen-bond acceptors (Lipinski definition) is 3. The summed E-state index contributed by atoms with van der Waals surface area (Å²) in [6.07, 6.45) is 5.72. The Morgan fingerprint density at radius 3 is 3.18 bits per heavy atom. The molecule has 0 aromatic rings. The summed E-state index contributed by atoms with van der Waals surface area (Å²) in [6, 6.07) is 0. The highest BCUT2D eigenvalue weighted by molar-refractivity contribution is 7.99. The largest absolute Gasteiger partial charge is 0.302 e. The van der Waals surface area contributed by atoms with Crippen molar-refractivity contribution in [3.63, 3.8) is 0 Å². The zero-order valence-electron chi connectivity index (χ0n) is 6.95. The van der Waals surface area contributed by atoms with Crippen molar-refractivity contribution in [1.82, 2.24) is 4.90 Å². The number of thioether (sulfide) groups is 1. The summed E-state index contributed by atoms with van der Waals surface area (Å²) in [6.45, 7) is 2.83. The maximum absolute atomic E-state index is 10.2. The summed E-state index contributed by atoms with van der Waals surface area (Å²) in [5, 5.41) is 0.753. The van der Waals surface area contributed by atoms with Gasteiger partial charge in [0.2, 0.25) is 0 Å². The molecule has 1 saturated heterocycles. The van der Waals surface area contributed by atoms with E-state index in [2.05, 4.69) is 11.2 Å². The summed E-state index contributed by atoms with van der Waals surface area (Å²) < 4.78 is 0. The molecule has 1 aliphatic rings. The van der Waals surface area contributed by atoms with E-state index in [4.69, 9.17) is 0 Å². The molecule has 3 heteroatoms. The molecule has 0 amide bonds. The third-order valence-electron chi connectivity index (χ3n) is 2.13. The van der Waals surface area contributed by atoms with Gasteiger partial charge in [-0.25, -0.2) is 0 Å². The fourth-order valence-electron chi connectivity index (χ4n) is 1.48. The van der Waals surface area contributed by atoms with Crippen LogP contribution in [-0.2, 0) is 4.79 Å². The van der Waals surface area contributed by atoms with Crippen molar-refractivity contribution < 1.29 is 4.79 Å². The van der Waals surface area contributed by atoms with Crippen molar-refractivity contribution in [3.8, 4) is 0 Å². The molecule has 1 rings (SSSR count). The Morgan fingerprint density at radius 2 is 2.55 bits per heavy atom. The first-order chi connectivity index (χ1) is 5.36. The van der Waals surface area contributed by atoms with Gasteiger partial charge < -0.3 is 4.79 Å². The van der Waals surface area contributed by atoms with E-state index in [0.717, 1.165) is 24.6 Å². The summed E-state index contributed by atoms with van der Waals surface area (Å²) in [5.41, 5.74) is 0. The molecule has 0 spiro atoms. The van der Waals surface area contributed by atoms with Gasteiger partial charge in [0, 0.05) is 11.8 Å². The zero-order valence-corrected chi connectivity index (χ0v) is 7.77. The first-order valence-corrected chi connectivity index (χ1v) is 5.34. The molecular weight excluding hydrogens is 158 g/mol. The minimum Gasteiger partial charge on any atom is -0.302 e. The van der Waals surface area contributed by atoms with Gasteiger partial charge in [-0.2, -0.15) is 11.8 Å². The highest BCUT2D eigenvalue weighted by Gasteiger charge is 2.17. The van der Waals surface area contributed by atoms with Crippen molar-refractivity contribution in [1.29, 1.82) is 0 Å². The van der Waals surface area contributed by atoms with Gasteiger partial charge >= 0.3 is 0 Å². The van der Waals surface area contributed by atoms with E-state index < -0.39 is 0 Å². The van der Waals surface area contributed by atoms with E-state index in [-0.39, 0.29) is 0 Å². The molecule has 1 atom stereocenters. The van der Waals surface area contributed by atoms with Gasteiger partial charge in [0.1, 0.15) is 6.29 Å². The van der Waals surface area contributed by atoms with Crippen LogP contribution in [-0.4, -0.2) is 42.3 Å². The molecule has 2 nitrogen and oxygen atoms in total. The Morgan fingerprint density at radius 1 is 1.73 bits per heavy atom. The van der Waals surface area contributed by atoms with Crippen LogP contribution in [0.1, 0.15) is 12.8 Å². The Labute approximate surface area is 72.3 Å². The van der Waals surface area contributed by atoms with Crippen LogP contribution in [0.15, 0.2) is 0 Å².